The molecule has 1 unspecified atom stereocenters. The topological polar surface area (TPSA) is 108 Å². The number of fused-ring (bicyclic) bond motifs is 1. The number of hydrogen-bond donors (Lipinski definition) is 1. The van der Waals surface area contributed by atoms with Crippen molar-refractivity contribution in [2.75, 3.05) is 0 Å². The quantitative estimate of drug-likeness (QED) is 0.476. The second-order valence-corrected chi connectivity index (χ2v) is 9.06. The van der Waals surface area contributed by atoms with Crippen molar-refractivity contribution >= 4 is 0 Å². The Bertz CT molecular complexity index is 1450. The first kappa shape index (κ1) is 21.2. The van der Waals surface area contributed by atoms with Crippen LogP contribution in [0.1, 0.15) is 54.3 Å². The van der Waals surface area contributed by atoms with Gasteiger partial charge in [-0.3, -0.25) is 9.55 Å². The minimum atomic E-state index is -0.319. The monoisotopic (exact) mass is 463 g/mol. The fraction of sp³-hybridized carbons (Fsp3) is 0.259. The van der Waals surface area contributed by atoms with Gasteiger partial charge in [0, 0.05) is 37.2 Å². The average Bonchev–Trinajstić information content (AvgIpc) is 3.65. The van der Waals surface area contributed by atoms with Crippen LogP contribution in [-0.2, 0) is 7.05 Å². The van der Waals surface area contributed by atoms with Gasteiger partial charge in [0.05, 0.1) is 17.2 Å². The normalized spacial score (nSPS) is 17.8. The van der Waals surface area contributed by atoms with E-state index >= 15 is 0 Å². The molecule has 1 aliphatic carbocycles. The molecule has 4 aromatic rings. The van der Waals surface area contributed by atoms with Gasteiger partial charge in [-0.2, -0.15) is 10.4 Å². The number of nitrogens with zero attached hydrogens (tertiary/aromatic N) is 6. The predicted octanol–water partition coefficient (Wildman–Crippen LogP) is 4.54. The van der Waals surface area contributed by atoms with Crippen LogP contribution in [0.3, 0.4) is 0 Å². The number of aryl methyl sites for hydroxylation is 1. The van der Waals surface area contributed by atoms with E-state index in [4.69, 9.17) is 15.6 Å². The van der Waals surface area contributed by atoms with E-state index in [0.717, 1.165) is 46.9 Å². The highest BCUT2D eigenvalue weighted by atomic mass is 16.5. The van der Waals surface area contributed by atoms with Crippen molar-refractivity contribution in [2.24, 2.45) is 12.8 Å². The van der Waals surface area contributed by atoms with Gasteiger partial charge in [0.25, 0.3) is 0 Å². The fourth-order valence-corrected chi connectivity index (χ4v) is 5.36. The Hall–Kier alpha value is -4.38. The van der Waals surface area contributed by atoms with Crippen LogP contribution in [0.15, 0.2) is 72.5 Å². The van der Waals surface area contributed by atoms with Gasteiger partial charge < -0.3 is 10.5 Å². The minimum Gasteiger partial charge on any atom is -0.422 e. The zero-order chi connectivity index (χ0) is 23.9. The first-order valence-corrected chi connectivity index (χ1v) is 11.8. The van der Waals surface area contributed by atoms with E-state index in [1.807, 2.05) is 60.3 Å². The Morgan fingerprint density at radius 3 is 2.57 bits per heavy atom. The van der Waals surface area contributed by atoms with Gasteiger partial charge in [-0.15, -0.1) is 0 Å². The number of benzene rings is 1. The number of nitriles is 1. The summed E-state index contributed by atoms with van der Waals surface area (Å²) in [6.45, 7) is 0. The molecule has 174 valence electrons. The Balaban J connectivity index is 1.43. The second kappa shape index (κ2) is 8.44. The van der Waals surface area contributed by atoms with Crippen LogP contribution in [0.2, 0.25) is 0 Å². The summed E-state index contributed by atoms with van der Waals surface area (Å²) in [6, 6.07) is 16.3. The van der Waals surface area contributed by atoms with Gasteiger partial charge in [0.2, 0.25) is 11.8 Å². The number of allylic oxidation sites excluding steroid dienone is 1. The highest BCUT2D eigenvalue weighted by Gasteiger charge is 2.38. The molecule has 0 saturated heterocycles. The largest absolute Gasteiger partial charge is 0.422 e. The first-order valence-electron chi connectivity index (χ1n) is 11.8. The van der Waals surface area contributed by atoms with E-state index in [9.17, 15) is 5.26 Å². The van der Waals surface area contributed by atoms with E-state index in [1.165, 1.54) is 12.8 Å². The number of aromatic nitrogens is 5. The molecule has 8 nitrogen and oxygen atoms in total. The predicted molar refractivity (Wildman–Crippen MR) is 131 cm³/mol. The van der Waals surface area contributed by atoms with Crippen LogP contribution < -0.4 is 10.5 Å². The lowest BCUT2D eigenvalue weighted by atomic mass is 9.81. The SMILES string of the molecule is Cn1nc(C2CCCC2)c2c1OC(N)=C(C#N)C2c1ccc(-n2ccnc2-c2ccccn2)cc1. The number of pyridine rings is 1. The zero-order valence-corrected chi connectivity index (χ0v) is 19.4. The molecule has 2 aliphatic rings. The molecule has 1 fully saturated rings. The van der Waals surface area contributed by atoms with Crippen molar-refractivity contribution in [3.05, 3.63) is 89.3 Å². The summed E-state index contributed by atoms with van der Waals surface area (Å²) in [5, 5.41) is 14.9. The molecule has 6 rings (SSSR count). The van der Waals surface area contributed by atoms with Gasteiger partial charge in [-0.1, -0.05) is 31.0 Å². The van der Waals surface area contributed by atoms with Gasteiger partial charge in [0.1, 0.15) is 17.3 Å². The number of rotatable bonds is 4. The smallest absolute Gasteiger partial charge is 0.224 e. The third-order valence-electron chi connectivity index (χ3n) is 7.01. The summed E-state index contributed by atoms with van der Waals surface area (Å²) in [5.41, 5.74) is 11.4. The third kappa shape index (κ3) is 3.48. The summed E-state index contributed by atoms with van der Waals surface area (Å²) in [4.78, 5) is 8.94. The molecule has 1 atom stereocenters. The maximum atomic E-state index is 10.0. The Kier molecular flexibility index (Phi) is 5.10. The summed E-state index contributed by atoms with van der Waals surface area (Å²) in [6.07, 6.45) is 10.1. The Labute approximate surface area is 203 Å². The highest BCUT2D eigenvalue weighted by Crippen LogP contribution is 2.48. The molecule has 0 amide bonds. The second-order valence-electron chi connectivity index (χ2n) is 9.06. The molecule has 1 aliphatic heterocycles. The molecule has 35 heavy (non-hydrogen) atoms. The minimum absolute atomic E-state index is 0.141. The van der Waals surface area contributed by atoms with E-state index < -0.39 is 0 Å². The summed E-state index contributed by atoms with van der Waals surface area (Å²) in [7, 11) is 1.88. The van der Waals surface area contributed by atoms with Crippen LogP contribution in [0.4, 0.5) is 0 Å². The van der Waals surface area contributed by atoms with Crippen molar-refractivity contribution in [2.45, 2.75) is 37.5 Å². The molecule has 0 radical (unpaired) electrons. The van der Waals surface area contributed by atoms with Gasteiger partial charge in [-0.05, 0) is 42.7 Å². The van der Waals surface area contributed by atoms with Gasteiger partial charge >= 0.3 is 0 Å². The molecule has 2 N–H and O–H groups in total. The lowest BCUT2D eigenvalue weighted by Gasteiger charge is -2.26. The lowest BCUT2D eigenvalue weighted by molar-refractivity contribution is 0.358. The lowest BCUT2D eigenvalue weighted by Crippen LogP contribution is -2.22. The molecule has 0 bridgehead atoms. The summed E-state index contributed by atoms with van der Waals surface area (Å²) < 4.78 is 9.69. The summed E-state index contributed by atoms with van der Waals surface area (Å²) >= 11 is 0. The Morgan fingerprint density at radius 2 is 1.86 bits per heavy atom. The van der Waals surface area contributed by atoms with Crippen LogP contribution in [0.25, 0.3) is 17.2 Å². The molecule has 0 spiro atoms. The Morgan fingerprint density at radius 1 is 1.06 bits per heavy atom. The molecule has 8 heteroatoms. The van der Waals surface area contributed by atoms with Crippen molar-refractivity contribution in [3.63, 3.8) is 0 Å². The van der Waals surface area contributed by atoms with Crippen molar-refractivity contribution in [1.29, 1.82) is 5.26 Å². The first-order chi connectivity index (χ1) is 17.2. The molecule has 1 saturated carbocycles. The van der Waals surface area contributed by atoms with Crippen LogP contribution in [0, 0.1) is 11.3 Å². The molecule has 1 aromatic carbocycles. The van der Waals surface area contributed by atoms with Crippen LogP contribution in [0.5, 0.6) is 5.88 Å². The van der Waals surface area contributed by atoms with Crippen molar-refractivity contribution in [3.8, 4) is 29.2 Å². The maximum absolute atomic E-state index is 10.0. The molecule has 3 aromatic heterocycles. The summed E-state index contributed by atoms with van der Waals surface area (Å²) in [5.74, 6) is 1.59. The van der Waals surface area contributed by atoms with Crippen LogP contribution >= 0.6 is 0 Å². The van der Waals surface area contributed by atoms with Gasteiger partial charge in [-0.25, -0.2) is 9.67 Å². The molecule has 4 heterocycles. The number of nitrogens with two attached hydrogens (primary N) is 1. The molecular weight excluding hydrogens is 438 g/mol. The van der Waals surface area contributed by atoms with E-state index in [0.29, 0.717) is 17.4 Å². The number of hydrogen-bond acceptors (Lipinski definition) is 6. The van der Waals surface area contributed by atoms with Crippen molar-refractivity contribution < 1.29 is 4.74 Å². The fourth-order valence-electron chi connectivity index (χ4n) is 5.36. The van der Waals surface area contributed by atoms with E-state index in [1.54, 1.807) is 17.1 Å². The molecular formula is C27H25N7O. The standard InChI is InChI=1S/C27H25N7O/c1-33-27-23(24(32-33)18-6-2-3-7-18)22(20(16-28)25(29)35-27)17-9-11-19(12-10-17)34-15-14-31-26(34)21-8-4-5-13-30-21/h4-5,8-15,18,22H,2-3,6-7,29H2,1H3. The van der Waals surface area contributed by atoms with Gasteiger partial charge in [0.15, 0.2) is 5.82 Å². The van der Waals surface area contributed by atoms with E-state index in [-0.39, 0.29) is 11.8 Å². The number of ether oxygens (including phenoxy) is 1. The maximum Gasteiger partial charge on any atom is 0.224 e. The van der Waals surface area contributed by atoms with E-state index in [2.05, 4.69) is 16.0 Å². The number of imidazole rings is 1. The average molecular weight is 464 g/mol. The highest BCUT2D eigenvalue weighted by molar-refractivity contribution is 5.58. The van der Waals surface area contributed by atoms with Crippen molar-refractivity contribution in [1.82, 2.24) is 24.3 Å². The van der Waals surface area contributed by atoms with Crippen LogP contribution in [-0.4, -0.2) is 24.3 Å². The third-order valence-corrected chi connectivity index (χ3v) is 7.01. The zero-order valence-electron chi connectivity index (χ0n) is 19.4.